The zero-order valence-corrected chi connectivity index (χ0v) is 6.16. The van der Waals surface area contributed by atoms with Crippen LogP contribution in [0.3, 0.4) is 0 Å². The van der Waals surface area contributed by atoms with Gasteiger partial charge < -0.3 is 5.48 Å². The van der Waals surface area contributed by atoms with E-state index in [2.05, 4.69) is 0 Å². The molecule has 2 N–H and O–H groups in total. The Morgan fingerprint density at radius 3 is 1.50 bits per heavy atom. The molecule has 1 aliphatic heterocycles. The topological polar surface area (TPSA) is 31.5 Å². The summed E-state index contributed by atoms with van der Waals surface area (Å²) in [6.07, 6.45) is 4.57. The molecule has 0 saturated carbocycles. The van der Waals surface area contributed by atoms with E-state index in [0.29, 0.717) is 0 Å². The molecule has 0 amide bonds. The van der Waals surface area contributed by atoms with Gasteiger partial charge >= 0.3 is 74.4 Å². The summed E-state index contributed by atoms with van der Waals surface area (Å²) in [6.45, 7) is 0. The molecule has 1 heterocycles. The third-order valence-electron chi connectivity index (χ3n) is 1.08. The number of hydrogen-bond donors (Lipinski definition) is 0. The van der Waals surface area contributed by atoms with E-state index in [4.69, 9.17) is 0 Å². The molecule has 1 rings (SSSR count). The van der Waals surface area contributed by atoms with Crippen molar-refractivity contribution in [2.45, 2.75) is 29.9 Å². The quantitative estimate of drug-likeness (QED) is 0.491. The Balaban J connectivity index is 0. The van der Waals surface area contributed by atoms with Gasteiger partial charge in [0.05, 0.1) is 0 Å². The van der Waals surface area contributed by atoms with Crippen LogP contribution in [0.25, 0.3) is 0 Å². The van der Waals surface area contributed by atoms with Gasteiger partial charge in [0.2, 0.25) is 0 Å². The van der Waals surface area contributed by atoms with Gasteiger partial charge in [-0.15, -0.1) is 0 Å². The van der Waals surface area contributed by atoms with Crippen LogP contribution < -0.4 is 0 Å². The van der Waals surface area contributed by atoms with Gasteiger partial charge in [-0.2, -0.15) is 0 Å². The van der Waals surface area contributed by atoms with Gasteiger partial charge in [-0.1, -0.05) is 0 Å². The summed E-state index contributed by atoms with van der Waals surface area (Å²) >= 11 is 1.05. The summed E-state index contributed by atoms with van der Waals surface area (Å²) in [6, 6.07) is 0. The molecule has 1 nitrogen and oxygen atoms in total. The summed E-state index contributed by atoms with van der Waals surface area (Å²) < 4.78 is 0. The van der Waals surface area contributed by atoms with Crippen molar-refractivity contribution >= 4 is 44.5 Å². The second kappa shape index (κ2) is 8.48. The Morgan fingerprint density at radius 2 is 1.38 bits per heavy atom. The van der Waals surface area contributed by atoms with Gasteiger partial charge in [0, 0.05) is 0 Å². The van der Waals surface area contributed by atoms with Crippen molar-refractivity contribution in [3.8, 4) is 0 Å². The zero-order valence-electron chi connectivity index (χ0n) is 4.44. The van der Waals surface area contributed by atoms with Crippen LogP contribution in [0.1, 0.15) is 19.3 Å². The molecular formula is C5H13NaOSe. The monoisotopic (exact) mass is 192 g/mol. The second-order valence-corrected chi connectivity index (χ2v) is 4.24. The molecule has 0 aromatic carbocycles. The van der Waals surface area contributed by atoms with E-state index in [-0.39, 0.29) is 35.0 Å². The van der Waals surface area contributed by atoms with Gasteiger partial charge in [-0.25, -0.2) is 0 Å². The molecule has 0 atom stereocenters. The molecule has 1 aliphatic rings. The minimum absolute atomic E-state index is 0. The average Bonchev–Trinajstić information content (AvgIpc) is 1.72. The first-order chi connectivity index (χ1) is 3.00. The molecule has 3 heteroatoms. The van der Waals surface area contributed by atoms with Crippen LogP contribution in [0.2, 0.25) is 10.6 Å². The van der Waals surface area contributed by atoms with E-state index in [1.54, 1.807) is 10.6 Å². The Morgan fingerprint density at radius 1 is 0.875 bits per heavy atom. The fourth-order valence-electron chi connectivity index (χ4n) is 0.687. The van der Waals surface area contributed by atoms with Gasteiger partial charge in [0.25, 0.3) is 0 Å². The number of hydrogen-bond acceptors (Lipinski definition) is 0. The molecule has 0 aliphatic carbocycles. The summed E-state index contributed by atoms with van der Waals surface area (Å²) in [5.74, 6) is 0. The Hall–Kier alpha value is 1.48. The maximum atomic E-state index is 1.56. The van der Waals surface area contributed by atoms with E-state index in [1.165, 1.54) is 19.3 Å². The third kappa shape index (κ3) is 5.61. The first-order valence-electron chi connectivity index (χ1n) is 2.58. The molecule has 1 saturated heterocycles. The van der Waals surface area contributed by atoms with E-state index in [1.807, 2.05) is 0 Å². The van der Waals surface area contributed by atoms with Crippen molar-refractivity contribution in [1.29, 1.82) is 0 Å². The van der Waals surface area contributed by atoms with Crippen LogP contribution in [-0.4, -0.2) is 50.0 Å². The van der Waals surface area contributed by atoms with E-state index >= 15 is 0 Å². The molecule has 1 fully saturated rings. The minimum atomic E-state index is 0. The predicted molar refractivity (Wildman–Crippen MR) is 40.0 cm³/mol. The molecule has 0 aromatic rings. The molecule has 0 aromatic heterocycles. The van der Waals surface area contributed by atoms with Crippen LogP contribution in [0.5, 0.6) is 0 Å². The SMILES string of the molecule is C1CC[Se]CC1.O.[NaH]. The summed E-state index contributed by atoms with van der Waals surface area (Å²) in [4.78, 5) is 0. The summed E-state index contributed by atoms with van der Waals surface area (Å²) in [5.41, 5.74) is 0. The Kier molecular flexibility index (Phi) is 12.9. The first-order valence-corrected chi connectivity index (χ1v) is 5.00. The molecular weight excluding hydrogens is 178 g/mol. The summed E-state index contributed by atoms with van der Waals surface area (Å²) in [5, 5.41) is 3.12. The number of rotatable bonds is 0. The van der Waals surface area contributed by atoms with Crippen molar-refractivity contribution in [2.24, 2.45) is 0 Å². The van der Waals surface area contributed by atoms with Crippen LogP contribution in [0, 0.1) is 0 Å². The summed E-state index contributed by atoms with van der Waals surface area (Å²) in [7, 11) is 0. The average molecular weight is 191 g/mol. The fourth-order valence-corrected chi connectivity index (χ4v) is 2.83. The Labute approximate surface area is 79.4 Å². The van der Waals surface area contributed by atoms with Gasteiger partial charge in [-0.3, -0.25) is 0 Å². The first kappa shape index (κ1) is 12.2. The van der Waals surface area contributed by atoms with Crippen LogP contribution in [-0.2, 0) is 0 Å². The van der Waals surface area contributed by atoms with E-state index < -0.39 is 0 Å². The molecule has 0 spiro atoms. The van der Waals surface area contributed by atoms with Gasteiger partial charge in [-0.05, 0) is 0 Å². The third-order valence-corrected chi connectivity index (χ3v) is 3.50. The van der Waals surface area contributed by atoms with Crippen molar-refractivity contribution in [2.75, 3.05) is 0 Å². The second-order valence-electron chi connectivity index (χ2n) is 1.67. The molecule has 0 bridgehead atoms. The predicted octanol–water partition coefficient (Wildman–Crippen LogP) is 0.238. The van der Waals surface area contributed by atoms with Gasteiger partial charge in [0.15, 0.2) is 0 Å². The van der Waals surface area contributed by atoms with Crippen LogP contribution in [0.15, 0.2) is 0 Å². The molecule has 0 radical (unpaired) electrons. The van der Waals surface area contributed by atoms with Crippen molar-refractivity contribution < 1.29 is 5.48 Å². The van der Waals surface area contributed by atoms with Crippen LogP contribution >= 0.6 is 0 Å². The molecule has 0 unspecified atom stereocenters. The molecule has 8 heavy (non-hydrogen) atoms. The zero-order chi connectivity index (χ0) is 4.24. The van der Waals surface area contributed by atoms with Gasteiger partial charge in [0.1, 0.15) is 0 Å². The standard InChI is InChI=1S/C5H10Se.Na.H2O.H/c1-2-4-6-5-3-1;;;/h1-5H2;;1H2;. The normalized spacial score (nSPS) is 18.0. The maximum absolute atomic E-state index is 1.56. The fraction of sp³-hybridized carbons (Fsp3) is 1.00. The van der Waals surface area contributed by atoms with Crippen molar-refractivity contribution in [3.05, 3.63) is 0 Å². The molecule has 46 valence electrons. The Bertz CT molecular complexity index is 27.9. The van der Waals surface area contributed by atoms with E-state index in [0.717, 1.165) is 15.0 Å². The van der Waals surface area contributed by atoms with Crippen molar-refractivity contribution in [3.63, 3.8) is 0 Å². The van der Waals surface area contributed by atoms with E-state index in [9.17, 15) is 0 Å². The van der Waals surface area contributed by atoms with Crippen LogP contribution in [0.4, 0.5) is 0 Å². The van der Waals surface area contributed by atoms with Crippen molar-refractivity contribution in [1.82, 2.24) is 0 Å².